The number of aliphatic hydroxyl groups excluding tert-OH is 1. The Kier molecular flexibility index (Phi) is 4.63. The predicted molar refractivity (Wildman–Crippen MR) is 89.8 cm³/mol. The molecule has 2 aromatic rings. The Balaban J connectivity index is 1.61. The summed E-state index contributed by atoms with van der Waals surface area (Å²) in [4.78, 5) is 4.45. The highest BCUT2D eigenvalue weighted by molar-refractivity contribution is 5.75. The molecule has 23 heavy (non-hydrogen) atoms. The molecule has 0 fully saturated rings. The van der Waals surface area contributed by atoms with Crippen molar-refractivity contribution < 1.29 is 14.6 Å². The van der Waals surface area contributed by atoms with Crippen LogP contribution in [0, 0.1) is 0 Å². The lowest BCUT2D eigenvalue weighted by Gasteiger charge is -2.21. The molecular weight excluding hydrogens is 290 g/mol. The topological polar surface area (TPSA) is 51.1 Å². The van der Waals surface area contributed by atoms with Crippen molar-refractivity contribution in [2.75, 3.05) is 13.2 Å². The molecule has 1 N–H and O–H groups in total. The van der Waals surface area contributed by atoms with Gasteiger partial charge >= 0.3 is 0 Å². The van der Waals surface area contributed by atoms with Crippen molar-refractivity contribution in [1.29, 1.82) is 0 Å². The summed E-state index contributed by atoms with van der Waals surface area (Å²) in [6.07, 6.45) is 0.653. The van der Waals surface area contributed by atoms with Gasteiger partial charge in [0.2, 0.25) is 0 Å². The Labute approximate surface area is 136 Å². The van der Waals surface area contributed by atoms with Crippen molar-refractivity contribution in [1.82, 2.24) is 0 Å². The van der Waals surface area contributed by atoms with E-state index in [2.05, 4.69) is 4.99 Å². The van der Waals surface area contributed by atoms with E-state index >= 15 is 0 Å². The summed E-state index contributed by atoms with van der Waals surface area (Å²) in [6.45, 7) is 2.79. The van der Waals surface area contributed by atoms with E-state index in [0.717, 1.165) is 16.9 Å². The number of hydrogen-bond donors (Lipinski definition) is 1. The summed E-state index contributed by atoms with van der Waals surface area (Å²) in [5.74, 6) is 1.47. The van der Waals surface area contributed by atoms with E-state index < -0.39 is 5.54 Å². The van der Waals surface area contributed by atoms with Crippen molar-refractivity contribution in [3.8, 4) is 5.75 Å². The third-order valence-corrected chi connectivity index (χ3v) is 3.94. The first-order valence-electron chi connectivity index (χ1n) is 7.75. The zero-order valence-electron chi connectivity index (χ0n) is 13.2. The Morgan fingerprint density at radius 3 is 2.43 bits per heavy atom. The maximum atomic E-state index is 9.65. The fourth-order valence-corrected chi connectivity index (χ4v) is 2.69. The maximum Gasteiger partial charge on any atom is 0.180 e. The van der Waals surface area contributed by atoms with E-state index in [1.54, 1.807) is 0 Å². The normalized spacial score (nSPS) is 20.0. The lowest BCUT2D eigenvalue weighted by atomic mass is 9.93. The monoisotopic (exact) mass is 311 g/mol. The van der Waals surface area contributed by atoms with Gasteiger partial charge in [0.1, 0.15) is 24.5 Å². The van der Waals surface area contributed by atoms with Crippen LogP contribution in [0.25, 0.3) is 0 Å². The Morgan fingerprint density at radius 1 is 1.09 bits per heavy atom. The molecule has 0 aromatic heterocycles. The second-order valence-corrected chi connectivity index (χ2v) is 5.90. The van der Waals surface area contributed by atoms with Crippen molar-refractivity contribution in [3.05, 3.63) is 65.7 Å². The van der Waals surface area contributed by atoms with Crippen molar-refractivity contribution in [2.24, 2.45) is 4.99 Å². The highest BCUT2D eigenvalue weighted by atomic mass is 16.5. The summed E-state index contributed by atoms with van der Waals surface area (Å²) in [5, 5.41) is 9.65. The lowest BCUT2D eigenvalue weighted by Crippen LogP contribution is -2.35. The summed E-state index contributed by atoms with van der Waals surface area (Å²) in [7, 11) is 0. The molecular formula is C19H21NO3. The van der Waals surface area contributed by atoms with Crippen molar-refractivity contribution in [3.63, 3.8) is 0 Å². The summed E-state index contributed by atoms with van der Waals surface area (Å²) >= 11 is 0. The molecule has 4 nitrogen and oxygen atoms in total. The summed E-state index contributed by atoms with van der Waals surface area (Å²) in [6, 6.07) is 18.0. The van der Waals surface area contributed by atoms with Gasteiger partial charge in [0, 0.05) is 13.3 Å². The minimum atomic E-state index is -0.545. The van der Waals surface area contributed by atoms with Crippen LogP contribution in [0.3, 0.4) is 0 Å². The Morgan fingerprint density at radius 2 is 1.83 bits per heavy atom. The molecule has 0 aliphatic carbocycles. The van der Waals surface area contributed by atoms with Gasteiger partial charge in [0.15, 0.2) is 5.90 Å². The zero-order valence-corrected chi connectivity index (χ0v) is 13.2. The average Bonchev–Trinajstić information content (AvgIpc) is 2.96. The standard InChI is InChI=1S/C19H21NO3/c1-15-20-19(13-21,14-23-15)11-16-7-9-18(10-8-16)22-12-17-5-3-2-4-6-17/h2-10,21H,11-14H2,1H3. The minimum absolute atomic E-state index is 0.0173. The number of hydrogen-bond acceptors (Lipinski definition) is 4. The van der Waals surface area contributed by atoms with E-state index in [9.17, 15) is 5.11 Å². The van der Waals surface area contributed by atoms with Crippen LogP contribution in [-0.2, 0) is 17.8 Å². The van der Waals surface area contributed by atoms with Gasteiger partial charge in [-0.05, 0) is 23.3 Å². The largest absolute Gasteiger partial charge is 0.489 e. The molecule has 4 heteroatoms. The van der Waals surface area contributed by atoms with E-state index in [-0.39, 0.29) is 6.61 Å². The smallest absolute Gasteiger partial charge is 0.180 e. The summed E-state index contributed by atoms with van der Waals surface area (Å²) < 4.78 is 11.2. The van der Waals surface area contributed by atoms with E-state index in [1.165, 1.54) is 0 Å². The van der Waals surface area contributed by atoms with Crippen LogP contribution in [-0.4, -0.2) is 29.8 Å². The second-order valence-electron chi connectivity index (χ2n) is 5.90. The van der Waals surface area contributed by atoms with Gasteiger partial charge in [0.05, 0.1) is 6.61 Å². The second kappa shape index (κ2) is 6.84. The van der Waals surface area contributed by atoms with Crippen molar-refractivity contribution in [2.45, 2.75) is 25.5 Å². The molecule has 1 aliphatic rings. The molecule has 1 heterocycles. The van der Waals surface area contributed by atoms with Crippen LogP contribution in [0.15, 0.2) is 59.6 Å². The predicted octanol–water partition coefficient (Wildman–Crippen LogP) is 2.99. The number of aliphatic hydroxyl groups is 1. The maximum absolute atomic E-state index is 9.65. The number of aliphatic imine (C=N–C) groups is 1. The van der Waals surface area contributed by atoms with Gasteiger partial charge in [-0.15, -0.1) is 0 Å². The first-order chi connectivity index (χ1) is 11.2. The number of benzene rings is 2. The fraction of sp³-hybridized carbons (Fsp3) is 0.316. The highest BCUT2D eigenvalue weighted by Crippen LogP contribution is 2.25. The van der Waals surface area contributed by atoms with Crippen LogP contribution in [0.2, 0.25) is 0 Å². The van der Waals surface area contributed by atoms with Gasteiger partial charge in [-0.1, -0.05) is 42.5 Å². The number of nitrogens with zero attached hydrogens (tertiary/aromatic N) is 1. The molecule has 1 atom stereocenters. The van der Waals surface area contributed by atoms with Gasteiger partial charge in [-0.2, -0.15) is 0 Å². The summed E-state index contributed by atoms with van der Waals surface area (Å²) in [5.41, 5.74) is 1.70. The van der Waals surface area contributed by atoms with Gasteiger partial charge in [0.25, 0.3) is 0 Å². The fourth-order valence-electron chi connectivity index (χ4n) is 2.69. The third kappa shape index (κ3) is 3.90. The minimum Gasteiger partial charge on any atom is -0.489 e. The number of rotatable bonds is 6. The average molecular weight is 311 g/mol. The first kappa shape index (κ1) is 15.6. The van der Waals surface area contributed by atoms with Crippen molar-refractivity contribution >= 4 is 5.90 Å². The van der Waals surface area contributed by atoms with E-state index in [0.29, 0.717) is 25.5 Å². The number of ether oxygens (including phenoxy) is 2. The Bertz CT molecular complexity index is 667. The molecule has 0 saturated carbocycles. The van der Waals surface area contributed by atoms with Gasteiger partial charge in [-0.25, -0.2) is 4.99 Å². The molecule has 1 aliphatic heterocycles. The van der Waals surface area contributed by atoms with Crippen LogP contribution in [0.1, 0.15) is 18.1 Å². The molecule has 0 radical (unpaired) electrons. The van der Waals surface area contributed by atoms with Crippen LogP contribution in [0.4, 0.5) is 0 Å². The molecule has 2 aromatic carbocycles. The Hall–Kier alpha value is -2.33. The molecule has 0 spiro atoms. The van der Waals surface area contributed by atoms with Gasteiger partial charge < -0.3 is 14.6 Å². The molecule has 0 amide bonds. The van der Waals surface area contributed by atoms with Crippen LogP contribution < -0.4 is 4.74 Å². The highest BCUT2D eigenvalue weighted by Gasteiger charge is 2.35. The SMILES string of the molecule is CC1=NC(CO)(Cc2ccc(OCc3ccccc3)cc2)CO1. The first-order valence-corrected chi connectivity index (χ1v) is 7.75. The van der Waals surface area contributed by atoms with Crippen LogP contribution >= 0.6 is 0 Å². The molecule has 3 rings (SSSR count). The third-order valence-electron chi connectivity index (χ3n) is 3.94. The lowest BCUT2D eigenvalue weighted by molar-refractivity contribution is 0.156. The molecule has 1 unspecified atom stereocenters. The molecule has 0 bridgehead atoms. The van der Waals surface area contributed by atoms with E-state index in [1.807, 2.05) is 61.5 Å². The zero-order chi connectivity index (χ0) is 16.1. The van der Waals surface area contributed by atoms with Gasteiger partial charge in [-0.3, -0.25) is 0 Å². The van der Waals surface area contributed by atoms with Crippen LogP contribution in [0.5, 0.6) is 5.75 Å². The quantitative estimate of drug-likeness (QED) is 0.892. The van der Waals surface area contributed by atoms with E-state index in [4.69, 9.17) is 9.47 Å². The molecule has 120 valence electrons. The molecule has 0 saturated heterocycles.